The molecule has 5 aromatic rings. The van der Waals surface area contributed by atoms with Crippen LogP contribution in [-0.2, 0) is 10.8 Å². The zero-order valence-corrected chi connectivity index (χ0v) is 27.3. The van der Waals surface area contributed by atoms with Crippen molar-refractivity contribution in [3.8, 4) is 34.4 Å². The van der Waals surface area contributed by atoms with Crippen molar-refractivity contribution in [1.82, 2.24) is 0 Å². The fourth-order valence-electron chi connectivity index (χ4n) is 9.05. The van der Waals surface area contributed by atoms with Gasteiger partial charge in [-0.05, 0) is 62.1 Å². The molecule has 0 aliphatic heterocycles. The van der Waals surface area contributed by atoms with Crippen LogP contribution >= 0.6 is 0 Å². The molecule has 5 aromatic carbocycles. The first kappa shape index (κ1) is 29.7. The van der Waals surface area contributed by atoms with E-state index < -0.39 is 5.41 Å². The maximum atomic E-state index is 10.7. The Morgan fingerprint density at radius 2 is 1.21 bits per heavy atom. The van der Waals surface area contributed by atoms with Crippen LogP contribution in [0, 0.1) is 22.7 Å². The normalized spacial score (nSPS) is 24.9. The number of hydrogen-bond donors (Lipinski definition) is 0. The van der Waals surface area contributed by atoms with E-state index in [2.05, 4.69) is 172 Å². The summed E-state index contributed by atoms with van der Waals surface area (Å²) in [5.41, 5.74) is 11.3. The van der Waals surface area contributed by atoms with E-state index in [1.807, 2.05) is 6.07 Å². The van der Waals surface area contributed by atoms with Gasteiger partial charge in [-0.1, -0.05) is 166 Å². The lowest BCUT2D eigenvalue weighted by atomic mass is 9.62. The molecule has 5 atom stereocenters. The van der Waals surface area contributed by atoms with Crippen LogP contribution < -0.4 is 0 Å². The SMILES string of the molecule is CC1(c2ccc(C3(C)C(=C(C#N)C#N)C(c4ccc(-c5ccccc5)cc4)C4c5ccccc5-c5ccccc5C43)cc2)C=CC=CC1. The minimum Gasteiger partial charge on any atom is -0.192 e. The van der Waals surface area contributed by atoms with Crippen LogP contribution in [0.2, 0.25) is 0 Å². The van der Waals surface area contributed by atoms with Gasteiger partial charge < -0.3 is 0 Å². The number of nitrogens with zero attached hydrogens (tertiary/aromatic N) is 2. The summed E-state index contributed by atoms with van der Waals surface area (Å²) in [6.45, 7) is 4.57. The minimum atomic E-state index is -0.625. The van der Waals surface area contributed by atoms with Gasteiger partial charge in [0, 0.05) is 28.6 Å². The molecule has 0 saturated heterocycles. The molecule has 0 radical (unpaired) electrons. The number of nitriles is 2. The van der Waals surface area contributed by atoms with Gasteiger partial charge in [-0.15, -0.1) is 0 Å². The van der Waals surface area contributed by atoms with Gasteiger partial charge in [-0.2, -0.15) is 10.5 Å². The Bertz CT molecular complexity index is 2190. The van der Waals surface area contributed by atoms with Gasteiger partial charge in [0.1, 0.15) is 17.7 Å². The summed E-state index contributed by atoms with van der Waals surface area (Å²) in [4.78, 5) is 0. The Labute approximate surface area is 283 Å². The number of benzene rings is 5. The first-order valence-corrected chi connectivity index (χ1v) is 16.8. The van der Waals surface area contributed by atoms with Crippen molar-refractivity contribution in [2.75, 3.05) is 0 Å². The lowest BCUT2D eigenvalue weighted by Gasteiger charge is -2.40. The Morgan fingerprint density at radius 1 is 0.625 bits per heavy atom. The molecule has 1 saturated carbocycles. The van der Waals surface area contributed by atoms with Crippen molar-refractivity contribution in [2.24, 2.45) is 0 Å². The second-order valence-corrected chi connectivity index (χ2v) is 13.8. The van der Waals surface area contributed by atoms with Crippen LogP contribution in [0.25, 0.3) is 22.3 Å². The van der Waals surface area contributed by atoms with Gasteiger partial charge in [0.05, 0.1) is 0 Å². The van der Waals surface area contributed by atoms with Gasteiger partial charge in [-0.3, -0.25) is 0 Å². The molecule has 3 aliphatic carbocycles. The standard InChI is InChI=1S/C46H36N2/c1-45(27-11-4-12-28-45)35-23-25-36(26-24-35)46(2)43(34(29-47)30-48)41(33-21-19-32(20-22-33)31-13-5-3-6-14-31)42-39-17-9-7-15-37(39)38-16-8-10-18-40(38)44(42)46/h3-27,41-42,44H,28H2,1-2H3. The van der Waals surface area contributed by atoms with Crippen molar-refractivity contribution in [3.05, 3.63) is 191 Å². The molecule has 5 unspecified atom stereocenters. The third-order valence-electron chi connectivity index (χ3n) is 11.4. The van der Waals surface area contributed by atoms with Gasteiger partial charge in [0.25, 0.3) is 0 Å². The van der Waals surface area contributed by atoms with Crippen molar-refractivity contribution in [1.29, 1.82) is 10.5 Å². The lowest BCUT2D eigenvalue weighted by molar-refractivity contribution is 0.448. The van der Waals surface area contributed by atoms with Crippen LogP contribution in [0.15, 0.2) is 163 Å². The minimum absolute atomic E-state index is 0.00745. The predicted octanol–water partition coefficient (Wildman–Crippen LogP) is 11.1. The average Bonchev–Trinajstić information content (AvgIpc) is 3.43. The molecule has 230 valence electrons. The van der Waals surface area contributed by atoms with E-state index in [0.717, 1.165) is 34.2 Å². The van der Waals surface area contributed by atoms with E-state index in [4.69, 9.17) is 0 Å². The highest BCUT2D eigenvalue weighted by atomic mass is 14.6. The summed E-state index contributed by atoms with van der Waals surface area (Å²) in [5.74, 6) is -0.135. The Balaban J connectivity index is 1.39. The largest absolute Gasteiger partial charge is 0.192 e. The Hall–Kier alpha value is -5.70. The summed E-state index contributed by atoms with van der Waals surface area (Å²) in [6.07, 6.45) is 9.72. The van der Waals surface area contributed by atoms with E-state index >= 15 is 0 Å². The summed E-state index contributed by atoms with van der Waals surface area (Å²) in [5, 5.41) is 21.3. The number of rotatable bonds is 4. The fraction of sp³-hybridized carbons (Fsp3) is 0.174. The van der Waals surface area contributed by atoms with Gasteiger partial charge in [0.2, 0.25) is 0 Å². The van der Waals surface area contributed by atoms with Crippen molar-refractivity contribution < 1.29 is 0 Å². The second-order valence-electron chi connectivity index (χ2n) is 13.8. The predicted molar refractivity (Wildman–Crippen MR) is 194 cm³/mol. The molecule has 0 aromatic heterocycles. The molecule has 1 fully saturated rings. The molecule has 0 amide bonds. The molecule has 0 spiro atoms. The lowest BCUT2D eigenvalue weighted by Crippen LogP contribution is -2.31. The summed E-state index contributed by atoms with van der Waals surface area (Å²) < 4.78 is 0. The topological polar surface area (TPSA) is 47.6 Å². The highest BCUT2D eigenvalue weighted by Crippen LogP contribution is 2.70. The maximum Gasteiger partial charge on any atom is 0.130 e. The zero-order chi connectivity index (χ0) is 32.9. The molecule has 48 heavy (non-hydrogen) atoms. The van der Waals surface area contributed by atoms with Crippen LogP contribution in [0.4, 0.5) is 0 Å². The van der Waals surface area contributed by atoms with E-state index in [-0.39, 0.29) is 28.7 Å². The van der Waals surface area contributed by atoms with E-state index in [9.17, 15) is 10.5 Å². The van der Waals surface area contributed by atoms with Gasteiger partial charge in [0.15, 0.2) is 0 Å². The summed E-state index contributed by atoms with van der Waals surface area (Å²) >= 11 is 0. The smallest absolute Gasteiger partial charge is 0.130 e. The summed E-state index contributed by atoms with van der Waals surface area (Å²) in [6, 6.07) is 50.6. The highest BCUT2D eigenvalue weighted by Gasteiger charge is 2.59. The molecule has 0 N–H and O–H groups in total. The summed E-state index contributed by atoms with van der Waals surface area (Å²) in [7, 11) is 0. The molecule has 2 nitrogen and oxygen atoms in total. The highest BCUT2D eigenvalue weighted by molar-refractivity contribution is 5.79. The van der Waals surface area contributed by atoms with Crippen LogP contribution in [0.3, 0.4) is 0 Å². The zero-order valence-electron chi connectivity index (χ0n) is 27.3. The second kappa shape index (κ2) is 11.5. The molecule has 8 rings (SSSR count). The van der Waals surface area contributed by atoms with Gasteiger partial charge in [-0.25, -0.2) is 0 Å². The number of fused-ring (bicyclic) bond motifs is 6. The molecule has 0 heterocycles. The quantitative estimate of drug-likeness (QED) is 0.189. The first-order chi connectivity index (χ1) is 23.5. The molecular weight excluding hydrogens is 581 g/mol. The number of hydrogen-bond acceptors (Lipinski definition) is 2. The van der Waals surface area contributed by atoms with Crippen LogP contribution in [0.1, 0.15) is 65.8 Å². The third-order valence-corrected chi connectivity index (χ3v) is 11.4. The van der Waals surface area contributed by atoms with Crippen molar-refractivity contribution in [3.63, 3.8) is 0 Å². The monoisotopic (exact) mass is 616 g/mol. The molecule has 3 aliphatic rings. The third kappa shape index (κ3) is 4.45. The Kier molecular flexibility index (Phi) is 7.13. The van der Waals surface area contributed by atoms with Crippen LogP contribution in [-0.4, -0.2) is 0 Å². The van der Waals surface area contributed by atoms with Crippen molar-refractivity contribution in [2.45, 2.75) is 48.9 Å². The van der Waals surface area contributed by atoms with Crippen LogP contribution in [0.5, 0.6) is 0 Å². The molecular formula is C46H36N2. The average molecular weight is 617 g/mol. The van der Waals surface area contributed by atoms with E-state index in [1.165, 1.54) is 27.8 Å². The first-order valence-electron chi connectivity index (χ1n) is 16.8. The maximum absolute atomic E-state index is 10.7. The van der Waals surface area contributed by atoms with E-state index in [0.29, 0.717) is 0 Å². The Morgan fingerprint density at radius 3 is 1.85 bits per heavy atom. The van der Waals surface area contributed by atoms with Crippen molar-refractivity contribution >= 4 is 0 Å². The van der Waals surface area contributed by atoms with Gasteiger partial charge >= 0.3 is 0 Å². The molecule has 0 bridgehead atoms. The molecule has 2 heteroatoms. The van der Waals surface area contributed by atoms with E-state index in [1.54, 1.807) is 0 Å². The number of allylic oxidation sites excluding steroid dienone is 6. The fourth-order valence-corrected chi connectivity index (χ4v) is 9.05.